The van der Waals surface area contributed by atoms with Gasteiger partial charge in [0.15, 0.2) is 11.5 Å². The molecule has 1 aromatic heterocycles. The van der Waals surface area contributed by atoms with Gasteiger partial charge in [0.1, 0.15) is 5.75 Å². The van der Waals surface area contributed by atoms with Crippen LogP contribution in [0.5, 0.6) is 5.75 Å². The van der Waals surface area contributed by atoms with E-state index in [1.54, 1.807) is 0 Å². The van der Waals surface area contributed by atoms with Gasteiger partial charge in [-0.1, -0.05) is 26.0 Å². The van der Waals surface area contributed by atoms with Crippen LogP contribution in [0, 0.1) is 5.92 Å². The second-order valence-electron chi connectivity index (χ2n) is 6.48. The third-order valence-corrected chi connectivity index (χ3v) is 3.74. The van der Waals surface area contributed by atoms with E-state index in [9.17, 15) is 4.79 Å². The zero-order valence-electron chi connectivity index (χ0n) is 15.7. The van der Waals surface area contributed by atoms with Crippen molar-refractivity contribution in [3.63, 3.8) is 0 Å². The van der Waals surface area contributed by atoms with Crippen molar-refractivity contribution >= 4 is 28.5 Å². The second kappa shape index (κ2) is 8.49. The minimum Gasteiger partial charge on any atom is -0.494 e. The van der Waals surface area contributed by atoms with E-state index in [4.69, 9.17) is 9.47 Å². The highest BCUT2D eigenvalue weighted by Crippen LogP contribution is 2.23. The first-order valence-corrected chi connectivity index (χ1v) is 9.00. The number of anilines is 2. The Balaban J connectivity index is 1.93. The van der Waals surface area contributed by atoms with Crippen molar-refractivity contribution in [3.05, 3.63) is 54.2 Å². The lowest BCUT2D eigenvalue weighted by atomic mass is 10.2. The molecule has 6 nitrogen and oxygen atoms in total. The first-order valence-electron chi connectivity index (χ1n) is 9.00. The summed E-state index contributed by atoms with van der Waals surface area (Å²) >= 11 is 0. The Morgan fingerprint density at radius 3 is 2.33 bits per heavy atom. The van der Waals surface area contributed by atoms with Crippen LogP contribution >= 0.6 is 0 Å². The number of para-hydroxylation sites is 2. The van der Waals surface area contributed by atoms with Crippen LogP contribution < -0.4 is 10.1 Å². The Bertz CT molecular complexity index is 924. The first-order chi connectivity index (χ1) is 13.1. The van der Waals surface area contributed by atoms with E-state index in [2.05, 4.69) is 15.3 Å². The van der Waals surface area contributed by atoms with Gasteiger partial charge in [-0.2, -0.15) is 0 Å². The summed E-state index contributed by atoms with van der Waals surface area (Å²) < 4.78 is 10.8. The molecule has 0 amide bonds. The van der Waals surface area contributed by atoms with Gasteiger partial charge < -0.3 is 14.8 Å². The van der Waals surface area contributed by atoms with E-state index in [1.807, 2.05) is 69.3 Å². The Kier molecular flexibility index (Phi) is 5.86. The van der Waals surface area contributed by atoms with Crippen LogP contribution in [0.4, 0.5) is 11.5 Å². The van der Waals surface area contributed by atoms with Crippen LogP contribution in [0.3, 0.4) is 0 Å². The van der Waals surface area contributed by atoms with E-state index < -0.39 is 5.97 Å². The molecule has 0 saturated heterocycles. The van der Waals surface area contributed by atoms with Gasteiger partial charge in [-0.05, 0) is 49.2 Å². The molecule has 0 unspecified atom stereocenters. The maximum absolute atomic E-state index is 12.6. The zero-order chi connectivity index (χ0) is 19.2. The fourth-order valence-corrected chi connectivity index (χ4v) is 2.48. The number of rotatable bonds is 7. The van der Waals surface area contributed by atoms with Crippen molar-refractivity contribution in [2.75, 3.05) is 18.5 Å². The molecular formula is C21H23N3O3. The number of benzene rings is 2. The van der Waals surface area contributed by atoms with Gasteiger partial charge in [0, 0.05) is 5.69 Å². The summed E-state index contributed by atoms with van der Waals surface area (Å²) in [5.41, 5.74) is 2.29. The lowest BCUT2D eigenvalue weighted by Gasteiger charge is -2.13. The number of esters is 1. The number of nitrogens with one attached hydrogen (secondary N) is 1. The van der Waals surface area contributed by atoms with Crippen molar-refractivity contribution in [3.8, 4) is 5.75 Å². The highest BCUT2D eigenvalue weighted by atomic mass is 16.5. The van der Waals surface area contributed by atoms with Crippen molar-refractivity contribution in [2.45, 2.75) is 20.8 Å². The molecule has 2 aromatic carbocycles. The molecular weight excluding hydrogens is 342 g/mol. The maximum Gasteiger partial charge on any atom is 0.360 e. The molecule has 0 saturated carbocycles. The standard InChI is InChI=1S/C21H23N3O3/c1-4-26-16-11-9-15(10-12-16)22-20-19(21(25)27-13-14(2)3)23-17-7-5-6-8-18(17)24-20/h5-12,14H,4,13H2,1-3H3,(H,22,24). The SMILES string of the molecule is CCOc1ccc(Nc2nc3ccccc3nc2C(=O)OCC(C)C)cc1. The second-order valence-corrected chi connectivity index (χ2v) is 6.48. The van der Waals surface area contributed by atoms with Gasteiger partial charge in [-0.3, -0.25) is 0 Å². The molecule has 3 rings (SSSR count). The fourth-order valence-electron chi connectivity index (χ4n) is 2.48. The smallest absolute Gasteiger partial charge is 0.360 e. The monoisotopic (exact) mass is 365 g/mol. The highest BCUT2D eigenvalue weighted by Gasteiger charge is 2.18. The van der Waals surface area contributed by atoms with Gasteiger partial charge in [0.2, 0.25) is 0 Å². The normalized spacial score (nSPS) is 10.8. The number of hydrogen-bond acceptors (Lipinski definition) is 6. The zero-order valence-corrected chi connectivity index (χ0v) is 15.7. The summed E-state index contributed by atoms with van der Waals surface area (Å²) in [6.07, 6.45) is 0. The third-order valence-electron chi connectivity index (χ3n) is 3.74. The molecule has 0 spiro atoms. The molecule has 6 heteroatoms. The number of fused-ring (bicyclic) bond motifs is 1. The number of carbonyl (C=O) groups is 1. The number of nitrogens with zero attached hydrogens (tertiary/aromatic N) is 2. The number of carbonyl (C=O) groups excluding carboxylic acids is 1. The summed E-state index contributed by atoms with van der Waals surface area (Å²) in [6, 6.07) is 14.9. The molecule has 3 aromatic rings. The van der Waals surface area contributed by atoms with Crippen LogP contribution in [0.1, 0.15) is 31.3 Å². The number of ether oxygens (including phenoxy) is 2. The quantitative estimate of drug-likeness (QED) is 0.618. The summed E-state index contributed by atoms with van der Waals surface area (Å²) in [6.45, 7) is 6.84. The van der Waals surface area contributed by atoms with E-state index in [1.165, 1.54) is 0 Å². The molecule has 140 valence electrons. The number of hydrogen-bond donors (Lipinski definition) is 1. The van der Waals surface area contributed by atoms with Crippen molar-refractivity contribution in [2.24, 2.45) is 5.92 Å². The molecule has 1 N–H and O–H groups in total. The minimum atomic E-state index is -0.490. The maximum atomic E-state index is 12.6. The van der Waals surface area contributed by atoms with E-state index in [0.717, 1.165) is 11.4 Å². The summed E-state index contributed by atoms with van der Waals surface area (Å²) in [4.78, 5) is 21.6. The number of aromatic nitrogens is 2. The van der Waals surface area contributed by atoms with E-state index >= 15 is 0 Å². The van der Waals surface area contributed by atoms with E-state index in [0.29, 0.717) is 30.1 Å². The van der Waals surface area contributed by atoms with Gasteiger partial charge in [-0.25, -0.2) is 14.8 Å². The molecule has 0 bridgehead atoms. The van der Waals surface area contributed by atoms with Gasteiger partial charge in [0.05, 0.1) is 24.2 Å². The Labute approximate surface area is 158 Å². The molecule has 27 heavy (non-hydrogen) atoms. The molecule has 1 heterocycles. The Hall–Kier alpha value is -3.15. The van der Waals surface area contributed by atoms with Crippen LogP contribution in [0.25, 0.3) is 11.0 Å². The summed E-state index contributed by atoms with van der Waals surface area (Å²) in [7, 11) is 0. The molecule has 0 fully saturated rings. The average Bonchev–Trinajstić information content (AvgIpc) is 2.67. The van der Waals surface area contributed by atoms with Crippen LogP contribution in [-0.2, 0) is 4.74 Å². The molecule has 0 aliphatic heterocycles. The predicted octanol–water partition coefficient (Wildman–Crippen LogP) is 4.58. The lowest BCUT2D eigenvalue weighted by Crippen LogP contribution is -2.15. The topological polar surface area (TPSA) is 73.3 Å². The molecule has 0 atom stereocenters. The molecule has 0 radical (unpaired) electrons. The van der Waals surface area contributed by atoms with E-state index in [-0.39, 0.29) is 11.6 Å². The van der Waals surface area contributed by atoms with Gasteiger partial charge in [0.25, 0.3) is 0 Å². The largest absolute Gasteiger partial charge is 0.494 e. The lowest BCUT2D eigenvalue weighted by molar-refractivity contribution is 0.0453. The predicted molar refractivity (Wildman–Crippen MR) is 106 cm³/mol. The van der Waals surface area contributed by atoms with Gasteiger partial charge in [-0.15, -0.1) is 0 Å². The Morgan fingerprint density at radius 1 is 1.04 bits per heavy atom. The minimum absolute atomic E-state index is 0.170. The van der Waals surface area contributed by atoms with Crippen LogP contribution in [0.15, 0.2) is 48.5 Å². The van der Waals surface area contributed by atoms with Gasteiger partial charge >= 0.3 is 5.97 Å². The third kappa shape index (κ3) is 4.73. The molecule has 0 aliphatic rings. The fraction of sp³-hybridized carbons (Fsp3) is 0.286. The summed E-state index contributed by atoms with van der Waals surface area (Å²) in [5.74, 6) is 0.899. The van der Waals surface area contributed by atoms with Crippen molar-refractivity contribution in [1.29, 1.82) is 0 Å². The summed E-state index contributed by atoms with van der Waals surface area (Å²) in [5, 5.41) is 3.17. The Morgan fingerprint density at radius 2 is 1.70 bits per heavy atom. The van der Waals surface area contributed by atoms with Crippen molar-refractivity contribution in [1.82, 2.24) is 9.97 Å². The average molecular weight is 365 g/mol. The van der Waals surface area contributed by atoms with Crippen LogP contribution in [0.2, 0.25) is 0 Å². The first kappa shape index (κ1) is 18.6. The van der Waals surface area contributed by atoms with Crippen molar-refractivity contribution < 1.29 is 14.3 Å². The molecule has 0 aliphatic carbocycles. The highest BCUT2D eigenvalue weighted by molar-refractivity contribution is 5.96. The van der Waals surface area contributed by atoms with Crippen LogP contribution in [-0.4, -0.2) is 29.2 Å².